The molecule has 27 heavy (non-hydrogen) atoms. The predicted molar refractivity (Wildman–Crippen MR) is 108 cm³/mol. The molecule has 0 radical (unpaired) electrons. The molecule has 7 heteroatoms. The number of carboxylic acid groups (broad SMARTS) is 1. The highest BCUT2D eigenvalue weighted by Crippen LogP contribution is 2.34. The zero-order valence-electron chi connectivity index (χ0n) is 14.8. The largest absolute Gasteiger partial charge is 0.491 e. The summed E-state index contributed by atoms with van der Waals surface area (Å²) in [5.41, 5.74) is 2.73. The number of ether oxygens (including phenoxy) is 1. The van der Waals surface area contributed by atoms with Gasteiger partial charge >= 0.3 is 5.97 Å². The quantitative estimate of drug-likeness (QED) is 0.508. The Morgan fingerprint density at radius 3 is 2.63 bits per heavy atom. The number of carbonyl (C=O) groups is 1. The zero-order chi connectivity index (χ0) is 19.4. The number of para-hydroxylation sites is 1. The Balaban J connectivity index is 1.73. The molecule has 0 fully saturated rings. The van der Waals surface area contributed by atoms with Crippen molar-refractivity contribution in [2.75, 3.05) is 6.61 Å². The molecule has 5 nitrogen and oxygen atoms in total. The van der Waals surface area contributed by atoms with Gasteiger partial charge in [0.1, 0.15) is 6.04 Å². The van der Waals surface area contributed by atoms with Crippen LogP contribution in [0.15, 0.2) is 42.6 Å². The fourth-order valence-corrected chi connectivity index (χ4v) is 3.65. The van der Waals surface area contributed by atoms with E-state index in [1.807, 2.05) is 37.4 Å². The minimum absolute atomic E-state index is 0.325. The minimum Gasteiger partial charge on any atom is -0.491 e. The van der Waals surface area contributed by atoms with Crippen LogP contribution in [0.4, 0.5) is 0 Å². The summed E-state index contributed by atoms with van der Waals surface area (Å²) in [4.78, 5) is 14.9. The van der Waals surface area contributed by atoms with Crippen molar-refractivity contribution in [2.24, 2.45) is 0 Å². The SMILES string of the molecule is CCOc1c(Cl)cc(CNC(Cc2c[nH]c3ccccc23)C(=O)O)cc1Cl. The Labute approximate surface area is 167 Å². The highest BCUT2D eigenvalue weighted by molar-refractivity contribution is 6.37. The summed E-state index contributed by atoms with van der Waals surface area (Å²) in [5.74, 6) is -0.471. The van der Waals surface area contributed by atoms with Gasteiger partial charge in [-0.2, -0.15) is 0 Å². The first-order valence-electron chi connectivity index (χ1n) is 8.61. The summed E-state index contributed by atoms with van der Waals surface area (Å²) in [6.07, 6.45) is 2.21. The molecule has 0 amide bonds. The minimum atomic E-state index is -0.914. The first-order valence-corrected chi connectivity index (χ1v) is 9.37. The smallest absolute Gasteiger partial charge is 0.321 e. The molecule has 0 saturated heterocycles. The van der Waals surface area contributed by atoms with Gasteiger partial charge in [-0.1, -0.05) is 41.4 Å². The molecule has 1 atom stereocenters. The lowest BCUT2D eigenvalue weighted by molar-refractivity contribution is -0.139. The van der Waals surface area contributed by atoms with E-state index >= 15 is 0 Å². The number of benzene rings is 2. The molecule has 0 saturated carbocycles. The lowest BCUT2D eigenvalue weighted by Crippen LogP contribution is -2.38. The first-order chi connectivity index (χ1) is 13.0. The molecule has 0 bridgehead atoms. The van der Waals surface area contributed by atoms with E-state index in [0.717, 1.165) is 22.0 Å². The van der Waals surface area contributed by atoms with Crippen molar-refractivity contribution < 1.29 is 14.6 Å². The van der Waals surface area contributed by atoms with Gasteiger partial charge in [-0.05, 0) is 36.2 Å². The number of nitrogens with one attached hydrogen (secondary N) is 2. The maximum absolute atomic E-state index is 11.7. The van der Waals surface area contributed by atoms with Crippen LogP contribution >= 0.6 is 23.2 Å². The van der Waals surface area contributed by atoms with E-state index in [4.69, 9.17) is 27.9 Å². The van der Waals surface area contributed by atoms with Crippen LogP contribution in [0.25, 0.3) is 10.9 Å². The standard InChI is InChI=1S/C20H20Cl2N2O3/c1-2-27-19-15(21)7-12(8-16(19)22)10-23-18(20(25)26)9-13-11-24-17-6-4-3-5-14(13)17/h3-8,11,18,23-24H,2,9-10H2,1H3,(H,25,26). The second-order valence-electron chi connectivity index (χ2n) is 6.16. The van der Waals surface area contributed by atoms with Crippen LogP contribution in [-0.4, -0.2) is 28.7 Å². The number of fused-ring (bicyclic) bond motifs is 1. The summed E-state index contributed by atoms with van der Waals surface area (Å²) in [6.45, 7) is 2.64. The van der Waals surface area contributed by atoms with Gasteiger partial charge in [0.25, 0.3) is 0 Å². The van der Waals surface area contributed by atoms with Crippen molar-refractivity contribution in [2.45, 2.75) is 25.9 Å². The molecular formula is C20H20Cl2N2O3. The number of rotatable bonds is 8. The Morgan fingerprint density at radius 2 is 1.96 bits per heavy atom. The topological polar surface area (TPSA) is 74.3 Å². The Hall–Kier alpha value is -2.21. The van der Waals surface area contributed by atoms with Gasteiger partial charge < -0.3 is 20.1 Å². The second-order valence-corrected chi connectivity index (χ2v) is 6.97. The number of aromatic amines is 1. The third-order valence-electron chi connectivity index (χ3n) is 4.30. The third-order valence-corrected chi connectivity index (χ3v) is 4.86. The van der Waals surface area contributed by atoms with E-state index in [-0.39, 0.29) is 0 Å². The molecule has 1 aromatic heterocycles. The summed E-state index contributed by atoms with van der Waals surface area (Å²) >= 11 is 12.4. The van der Waals surface area contributed by atoms with Crippen molar-refractivity contribution in [1.29, 1.82) is 0 Å². The van der Waals surface area contributed by atoms with Crippen LogP contribution in [-0.2, 0) is 17.8 Å². The van der Waals surface area contributed by atoms with Crippen LogP contribution < -0.4 is 10.1 Å². The van der Waals surface area contributed by atoms with Gasteiger partial charge in [-0.3, -0.25) is 4.79 Å². The van der Waals surface area contributed by atoms with Crippen LogP contribution in [0.5, 0.6) is 5.75 Å². The van der Waals surface area contributed by atoms with Gasteiger partial charge in [-0.15, -0.1) is 0 Å². The fourth-order valence-electron chi connectivity index (χ4n) is 3.00. The van der Waals surface area contributed by atoms with Crippen molar-refractivity contribution in [3.8, 4) is 5.75 Å². The van der Waals surface area contributed by atoms with E-state index < -0.39 is 12.0 Å². The maximum atomic E-state index is 11.7. The number of hydrogen-bond donors (Lipinski definition) is 3. The molecule has 0 aliphatic carbocycles. The summed E-state index contributed by atoms with van der Waals surface area (Å²) < 4.78 is 5.42. The normalized spacial score (nSPS) is 12.3. The molecule has 3 N–H and O–H groups in total. The van der Waals surface area contributed by atoms with E-state index in [9.17, 15) is 9.90 Å². The monoisotopic (exact) mass is 406 g/mol. The predicted octanol–water partition coefficient (Wildman–Crippen LogP) is 4.66. The third kappa shape index (κ3) is 4.56. The summed E-state index contributed by atoms with van der Waals surface area (Å²) in [6, 6.07) is 10.5. The highest BCUT2D eigenvalue weighted by Gasteiger charge is 2.20. The van der Waals surface area contributed by atoms with Gasteiger partial charge in [0.15, 0.2) is 5.75 Å². The van der Waals surface area contributed by atoms with Crippen molar-refractivity contribution >= 4 is 40.1 Å². The molecule has 3 rings (SSSR count). The lowest BCUT2D eigenvalue weighted by atomic mass is 10.0. The summed E-state index contributed by atoms with van der Waals surface area (Å²) in [5, 5.41) is 14.5. The van der Waals surface area contributed by atoms with Crippen LogP contribution in [0, 0.1) is 0 Å². The first kappa shape index (κ1) is 19.5. The lowest BCUT2D eigenvalue weighted by Gasteiger charge is -2.15. The van der Waals surface area contributed by atoms with Gasteiger partial charge in [-0.25, -0.2) is 0 Å². The van der Waals surface area contributed by atoms with Crippen LogP contribution in [0.3, 0.4) is 0 Å². The van der Waals surface area contributed by atoms with E-state index in [1.165, 1.54) is 0 Å². The molecule has 1 heterocycles. The number of halogens is 2. The Bertz CT molecular complexity index is 932. The maximum Gasteiger partial charge on any atom is 0.321 e. The second kappa shape index (κ2) is 8.65. The molecule has 0 aliphatic heterocycles. The van der Waals surface area contributed by atoms with E-state index in [0.29, 0.717) is 35.4 Å². The van der Waals surface area contributed by atoms with E-state index in [2.05, 4.69) is 10.3 Å². The van der Waals surface area contributed by atoms with Crippen LogP contribution in [0.2, 0.25) is 10.0 Å². The van der Waals surface area contributed by atoms with Crippen molar-refractivity contribution in [1.82, 2.24) is 10.3 Å². The Kier molecular flexibility index (Phi) is 6.26. The van der Waals surface area contributed by atoms with Crippen LogP contribution in [0.1, 0.15) is 18.1 Å². The molecule has 2 aromatic carbocycles. The zero-order valence-corrected chi connectivity index (χ0v) is 16.3. The Morgan fingerprint density at radius 1 is 1.26 bits per heavy atom. The number of hydrogen-bond acceptors (Lipinski definition) is 3. The van der Waals surface area contributed by atoms with E-state index in [1.54, 1.807) is 12.1 Å². The molecule has 0 aliphatic rings. The molecule has 142 valence electrons. The summed E-state index contributed by atoms with van der Waals surface area (Å²) in [7, 11) is 0. The average molecular weight is 407 g/mol. The number of aliphatic carboxylic acids is 1. The molecular weight excluding hydrogens is 387 g/mol. The van der Waals surface area contributed by atoms with Gasteiger partial charge in [0.05, 0.1) is 16.7 Å². The number of carboxylic acids is 1. The number of aromatic nitrogens is 1. The fraction of sp³-hybridized carbons (Fsp3) is 0.250. The van der Waals surface area contributed by atoms with Crippen molar-refractivity contribution in [3.63, 3.8) is 0 Å². The molecule has 3 aromatic rings. The average Bonchev–Trinajstić information content (AvgIpc) is 3.04. The highest BCUT2D eigenvalue weighted by atomic mass is 35.5. The number of H-pyrrole nitrogens is 1. The molecule has 0 spiro atoms. The molecule has 1 unspecified atom stereocenters. The van der Waals surface area contributed by atoms with Gasteiger partial charge in [0, 0.05) is 30.1 Å². The van der Waals surface area contributed by atoms with Gasteiger partial charge in [0.2, 0.25) is 0 Å². The van der Waals surface area contributed by atoms with Crippen molar-refractivity contribution in [3.05, 3.63) is 63.8 Å².